The second-order valence-corrected chi connectivity index (χ2v) is 6.27. The van der Waals surface area contributed by atoms with Crippen molar-refractivity contribution in [2.24, 2.45) is 0 Å². The van der Waals surface area contributed by atoms with E-state index in [0.29, 0.717) is 29.2 Å². The maximum atomic E-state index is 10.9. The number of hydrogen-bond acceptors (Lipinski definition) is 5. The van der Waals surface area contributed by atoms with Crippen molar-refractivity contribution in [1.82, 2.24) is 0 Å². The van der Waals surface area contributed by atoms with Gasteiger partial charge in [0.05, 0.1) is 27.2 Å². The van der Waals surface area contributed by atoms with Crippen molar-refractivity contribution in [3.63, 3.8) is 0 Å². The minimum Gasteiger partial charge on any atom is -0.493 e. The number of nitriles is 1. The number of halogens is 1. The highest BCUT2D eigenvalue weighted by atomic mass is 127. The van der Waals surface area contributed by atoms with Gasteiger partial charge in [-0.25, -0.2) is 0 Å². The number of methoxy groups -OCH3 is 1. The van der Waals surface area contributed by atoms with Crippen LogP contribution in [0, 0.1) is 25.0 Å². The quantitative estimate of drug-likeness (QED) is 0.147. The smallest absolute Gasteiger partial charge is 0.270 e. The van der Waals surface area contributed by atoms with Crippen molar-refractivity contribution in [3.05, 3.63) is 73.9 Å². The summed E-state index contributed by atoms with van der Waals surface area (Å²) >= 11 is 2.12. The number of allylic oxidation sites excluding steroid dienone is 1. The standard InChI is InChI=1S/C19H15IN2O4/c1-3-7-26-19-17(20)9-13(10-18(19)25-2)8-15(12-21)14-5-4-6-16(11-14)22(23)24/h3-6,8-11H,1,7H2,2H3/b15-8-. The molecule has 2 aromatic carbocycles. The van der Waals surface area contributed by atoms with Gasteiger partial charge in [0.1, 0.15) is 6.61 Å². The lowest BCUT2D eigenvalue weighted by atomic mass is 10.0. The SMILES string of the molecule is C=CCOc1c(I)cc(/C=C(/C#N)c2cccc([N+](=O)[O-])c2)cc1OC. The van der Waals surface area contributed by atoms with Crippen LogP contribution in [0.5, 0.6) is 11.5 Å². The van der Waals surface area contributed by atoms with Crippen LogP contribution in [-0.4, -0.2) is 18.6 Å². The summed E-state index contributed by atoms with van der Waals surface area (Å²) in [6.45, 7) is 3.97. The second kappa shape index (κ2) is 9.01. The van der Waals surface area contributed by atoms with Crippen molar-refractivity contribution in [1.29, 1.82) is 5.26 Å². The minimum absolute atomic E-state index is 0.0658. The van der Waals surface area contributed by atoms with E-state index in [-0.39, 0.29) is 5.69 Å². The van der Waals surface area contributed by atoms with Gasteiger partial charge < -0.3 is 9.47 Å². The molecular formula is C19H15IN2O4. The van der Waals surface area contributed by atoms with Crippen LogP contribution in [0.3, 0.4) is 0 Å². The van der Waals surface area contributed by atoms with Gasteiger partial charge in [-0.2, -0.15) is 5.26 Å². The molecule has 0 aliphatic heterocycles. The summed E-state index contributed by atoms with van der Waals surface area (Å²) in [5.74, 6) is 1.13. The highest BCUT2D eigenvalue weighted by Crippen LogP contribution is 2.35. The zero-order chi connectivity index (χ0) is 19.1. The van der Waals surface area contributed by atoms with E-state index in [2.05, 4.69) is 35.2 Å². The summed E-state index contributed by atoms with van der Waals surface area (Å²) in [7, 11) is 1.53. The largest absolute Gasteiger partial charge is 0.493 e. The molecule has 0 N–H and O–H groups in total. The zero-order valence-electron chi connectivity index (χ0n) is 13.9. The first-order valence-electron chi connectivity index (χ1n) is 7.48. The van der Waals surface area contributed by atoms with Gasteiger partial charge >= 0.3 is 0 Å². The number of ether oxygens (including phenoxy) is 2. The van der Waals surface area contributed by atoms with Gasteiger partial charge in [0.2, 0.25) is 0 Å². The van der Waals surface area contributed by atoms with Crippen LogP contribution in [-0.2, 0) is 0 Å². The number of nitro benzene ring substituents is 1. The zero-order valence-corrected chi connectivity index (χ0v) is 16.1. The third-order valence-corrected chi connectivity index (χ3v) is 4.20. The van der Waals surface area contributed by atoms with Crippen molar-refractivity contribution in [2.75, 3.05) is 13.7 Å². The molecule has 0 heterocycles. The van der Waals surface area contributed by atoms with Crippen LogP contribution in [0.1, 0.15) is 11.1 Å². The average molecular weight is 462 g/mol. The predicted octanol–water partition coefficient (Wildman–Crippen LogP) is 4.84. The van der Waals surface area contributed by atoms with Gasteiger partial charge in [-0.1, -0.05) is 24.8 Å². The van der Waals surface area contributed by atoms with Crippen molar-refractivity contribution < 1.29 is 14.4 Å². The van der Waals surface area contributed by atoms with E-state index in [1.54, 1.807) is 30.4 Å². The Morgan fingerprint density at radius 2 is 2.19 bits per heavy atom. The Morgan fingerprint density at radius 3 is 2.81 bits per heavy atom. The fourth-order valence-corrected chi connectivity index (χ4v) is 3.02. The van der Waals surface area contributed by atoms with Gasteiger partial charge in [0.15, 0.2) is 11.5 Å². The van der Waals surface area contributed by atoms with E-state index in [4.69, 9.17) is 9.47 Å². The molecule has 2 rings (SSSR count). The lowest BCUT2D eigenvalue weighted by Gasteiger charge is -2.12. The van der Waals surface area contributed by atoms with Gasteiger partial charge in [0.25, 0.3) is 5.69 Å². The van der Waals surface area contributed by atoms with Crippen LogP contribution in [0.4, 0.5) is 5.69 Å². The molecule has 0 amide bonds. The van der Waals surface area contributed by atoms with E-state index in [1.807, 2.05) is 6.07 Å². The molecule has 0 saturated heterocycles. The number of non-ortho nitro benzene ring substituents is 1. The van der Waals surface area contributed by atoms with Crippen LogP contribution >= 0.6 is 22.6 Å². The number of nitro groups is 1. The maximum Gasteiger partial charge on any atom is 0.270 e. The fourth-order valence-electron chi connectivity index (χ4n) is 2.24. The summed E-state index contributed by atoms with van der Waals surface area (Å²) < 4.78 is 11.8. The van der Waals surface area contributed by atoms with E-state index in [0.717, 1.165) is 9.13 Å². The summed E-state index contributed by atoms with van der Waals surface area (Å²) in [6, 6.07) is 11.6. The molecular weight excluding hydrogens is 447 g/mol. The first-order chi connectivity index (χ1) is 12.5. The molecule has 0 aromatic heterocycles. The van der Waals surface area contributed by atoms with E-state index in [1.165, 1.54) is 19.2 Å². The lowest BCUT2D eigenvalue weighted by molar-refractivity contribution is -0.384. The predicted molar refractivity (Wildman–Crippen MR) is 108 cm³/mol. The Bertz CT molecular complexity index is 916. The molecule has 0 spiro atoms. The van der Waals surface area contributed by atoms with Gasteiger partial charge in [-0.3, -0.25) is 10.1 Å². The Kier molecular flexibility index (Phi) is 6.74. The first kappa shape index (κ1) is 19.5. The molecule has 0 saturated carbocycles. The summed E-state index contributed by atoms with van der Waals surface area (Å²) in [4.78, 5) is 10.4. The molecule has 0 radical (unpaired) electrons. The topological polar surface area (TPSA) is 85.4 Å². The Balaban J connectivity index is 2.48. The molecule has 0 atom stereocenters. The second-order valence-electron chi connectivity index (χ2n) is 5.11. The third kappa shape index (κ3) is 4.61. The van der Waals surface area contributed by atoms with Crippen molar-refractivity contribution in [3.8, 4) is 17.6 Å². The molecule has 26 heavy (non-hydrogen) atoms. The molecule has 6 nitrogen and oxygen atoms in total. The van der Waals surface area contributed by atoms with E-state index >= 15 is 0 Å². The Morgan fingerprint density at radius 1 is 1.42 bits per heavy atom. The molecule has 0 bridgehead atoms. The Hall–Kier alpha value is -2.86. The first-order valence-corrected chi connectivity index (χ1v) is 8.56. The number of hydrogen-bond donors (Lipinski definition) is 0. The molecule has 0 unspecified atom stereocenters. The number of benzene rings is 2. The van der Waals surface area contributed by atoms with E-state index < -0.39 is 4.92 Å². The average Bonchev–Trinajstić information content (AvgIpc) is 2.64. The highest BCUT2D eigenvalue weighted by Gasteiger charge is 2.13. The molecule has 0 aliphatic carbocycles. The molecule has 2 aromatic rings. The normalized spacial score (nSPS) is 10.7. The Labute approximate surface area is 164 Å². The van der Waals surface area contributed by atoms with Gasteiger partial charge in [-0.05, 0) is 51.9 Å². The molecule has 7 heteroatoms. The fraction of sp³-hybridized carbons (Fsp3) is 0.105. The van der Waals surface area contributed by atoms with E-state index in [9.17, 15) is 15.4 Å². The number of nitrogens with zero attached hydrogens (tertiary/aromatic N) is 2. The molecule has 0 aliphatic rings. The molecule has 132 valence electrons. The third-order valence-electron chi connectivity index (χ3n) is 3.40. The van der Waals surface area contributed by atoms with Crippen LogP contribution in [0.25, 0.3) is 11.6 Å². The summed E-state index contributed by atoms with van der Waals surface area (Å²) in [6.07, 6.45) is 3.29. The van der Waals surface area contributed by atoms with Gasteiger partial charge in [-0.15, -0.1) is 0 Å². The number of rotatable bonds is 7. The van der Waals surface area contributed by atoms with Crippen LogP contribution in [0.15, 0.2) is 49.1 Å². The minimum atomic E-state index is -0.490. The van der Waals surface area contributed by atoms with Crippen molar-refractivity contribution in [2.45, 2.75) is 0 Å². The maximum absolute atomic E-state index is 10.9. The molecule has 0 fully saturated rings. The summed E-state index contributed by atoms with van der Waals surface area (Å²) in [5.41, 5.74) is 1.44. The summed E-state index contributed by atoms with van der Waals surface area (Å²) in [5, 5.41) is 20.4. The van der Waals surface area contributed by atoms with Crippen LogP contribution < -0.4 is 9.47 Å². The van der Waals surface area contributed by atoms with Crippen molar-refractivity contribution >= 4 is 39.9 Å². The highest BCUT2D eigenvalue weighted by molar-refractivity contribution is 14.1. The monoisotopic (exact) mass is 462 g/mol. The van der Waals surface area contributed by atoms with Crippen LogP contribution in [0.2, 0.25) is 0 Å². The lowest BCUT2D eigenvalue weighted by Crippen LogP contribution is -1.99. The van der Waals surface area contributed by atoms with Gasteiger partial charge in [0, 0.05) is 12.1 Å².